The van der Waals surface area contributed by atoms with Crippen LogP contribution < -0.4 is 15.2 Å². The number of nitrogen functional groups attached to an aromatic ring is 1. The lowest BCUT2D eigenvalue weighted by atomic mass is 10.1. The van der Waals surface area contributed by atoms with Crippen LogP contribution in [-0.4, -0.2) is 33.7 Å². The van der Waals surface area contributed by atoms with Gasteiger partial charge in [-0.1, -0.05) is 18.2 Å². The summed E-state index contributed by atoms with van der Waals surface area (Å²) in [5.41, 5.74) is 6.30. The number of ether oxygens (including phenoxy) is 2. The van der Waals surface area contributed by atoms with Crippen LogP contribution in [0.4, 0.5) is 19.0 Å². The Morgan fingerprint density at radius 2 is 1.88 bits per heavy atom. The molecule has 2 aromatic rings. The van der Waals surface area contributed by atoms with Gasteiger partial charge in [-0.05, 0) is 48.0 Å². The molecule has 2 aromatic carbocycles. The summed E-state index contributed by atoms with van der Waals surface area (Å²) in [6, 6.07) is 10.6. The van der Waals surface area contributed by atoms with Gasteiger partial charge in [0.1, 0.15) is 11.5 Å². The second kappa shape index (κ2) is 9.18. The average Bonchev–Trinajstić information content (AvgIpc) is 3.23. The monoisotopic (exact) mass is 475 g/mol. The molecule has 2 aliphatic heterocycles. The SMILES string of the molecule is COc1ccc(OC)c(Sc2nc3c(N)ncn(CCc4cccc(C(F)(F)F)c4)c-3n2)c1. The molecule has 0 atom stereocenters. The number of imidazole rings is 1. The van der Waals surface area contributed by atoms with E-state index in [2.05, 4.69) is 15.0 Å². The van der Waals surface area contributed by atoms with Crippen LogP contribution >= 0.6 is 11.8 Å². The molecule has 2 N–H and O–H groups in total. The molecular formula is C22H20F3N5O2S. The molecular weight excluding hydrogens is 455 g/mol. The highest BCUT2D eigenvalue weighted by atomic mass is 32.2. The molecule has 0 saturated carbocycles. The Kier molecular flexibility index (Phi) is 6.32. The lowest BCUT2D eigenvalue weighted by Gasteiger charge is -2.12. The van der Waals surface area contributed by atoms with Gasteiger partial charge in [-0.25, -0.2) is 15.0 Å². The number of aryl methyl sites for hydroxylation is 2. The Morgan fingerprint density at radius 3 is 2.61 bits per heavy atom. The largest absolute Gasteiger partial charge is 0.497 e. The van der Waals surface area contributed by atoms with E-state index in [9.17, 15) is 13.2 Å². The van der Waals surface area contributed by atoms with E-state index in [1.807, 2.05) is 6.07 Å². The van der Waals surface area contributed by atoms with E-state index in [1.54, 1.807) is 37.0 Å². The smallest absolute Gasteiger partial charge is 0.416 e. The number of nitrogens with zero attached hydrogens (tertiary/aromatic N) is 4. The third kappa shape index (κ3) is 4.98. The lowest BCUT2D eigenvalue weighted by Crippen LogP contribution is -2.10. The molecule has 7 nitrogen and oxygen atoms in total. The molecule has 0 unspecified atom stereocenters. The van der Waals surface area contributed by atoms with Crippen LogP contribution in [0.1, 0.15) is 11.1 Å². The Balaban J connectivity index is 1.60. The number of fused-ring (bicyclic) bond motifs is 1. The highest BCUT2D eigenvalue weighted by Gasteiger charge is 2.30. The van der Waals surface area contributed by atoms with E-state index in [1.165, 1.54) is 24.2 Å². The number of aromatic nitrogens is 4. The molecule has 0 saturated heterocycles. The first-order valence-corrected chi connectivity index (χ1v) is 10.6. The molecule has 0 radical (unpaired) electrons. The van der Waals surface area contributed by atoms with Gasteiger partial charge in [0.25, 0.3) is 0 Å². The van der Waals surface area contributed by atoms with Crippen LogP contribution in [0.2, 0.25) is 0 Å². The molecule has 0 bridgehead atoms. The van der Waals surface area contributed by atoms with Crippen molar-refractivity contribution in [2.24, 2.45) is 0 Å². The third-order valence-electron chi connectivity index (χ3n) is 4.94. The minimum Gasteiger partial charge on any atom is -0.497 e. The van der Waals surface area contributed by atoms with Crippen LogP contribution in [0, 0.1) is 0 Å². The Hall–Kier alpha value is -3.47. The van der Waals surface area contributed by atoms with Crippen molar-refractivity contribution in [2.45, 2.75) is 29.2 Å². The van der Waals surface area contributed by atoms with E-state index in [4.69, 9.17) is 15.2 Å². The molecule has 0 spiro atoms. The predicted molar refractivity (Wildman–Crippen MR) is 118 cm³/mol. The van der Waals surface area contributed by atoms with E-state index in [-0.39, 0.29) is 5.82 Å². The van der Waals surface area contributed by atoms with Gasteiger partial charge in [0.2, 0.25) is 0 Å². The zero-order valence-electron chi connectivity index (χ0n) is 17.8. The molecule has 2 aliphatic rings. The highest BCUT2D eigenvalue weighted by Crippen LogP contribution is 2.38. The van der Waals surface area contributed by atoms with E-state index >= 15 is 0 Å². The van der Waals surface area contributed by atoms with Crippen molar-refractivity contribution in [2.75, 3.05) is 20.0 Å². The zero-order chi connectivity index (χ0) is 23.6. The Morgan fingerprint density at radius 1 is 1.06 bits per heavy atom. The summed E-state index contributed by atoms with van der Waals surface area (Å²) in [5.74, 6) is 2.01. The van der Waals surface area contributed by atoms with Crippen LogP contribution in [0.3, 0.4) is 0 Å². The molecule has 0 aliphatic carbocycles. The molecule has 172 valence electrons. The summed E-state index contributed by atoms with van der Waals surface area (Å²) < 4.78 is 51.4. The van der Waals surface area contributed by atoms with Gasteiger partial charge in [-0.2, -0.15) is 13.2 Å². The van der Waals surface area contributed by atoms with Crippen molar-refractivity contribution in [3.8, 4) is 23.0 Å². The van der Waals surface area contributed by atoms with Crippen molar-refractivity contribution in [3.05, 3.63) is 59.9 Å². The fourth-order valence-corrected chi connectivity index (χ4v) is 4.15. The fourth-order valence-electron chi connectivity index (χ4n) is 3.26. The van der Waals surface area contributed by atoms with Crippen molar-refractivity contribution in [1.82, 2.24) is 19.5 Å². The van der Waals surface area contributed by atoms with Gasteiger partial charge >= 0.3 is 6.18 Å². The number of benzene rings is 2. The van der Waals surface area contributed by atoms with Gasteiger partial charge in [-0.15, -0.1) is 0 Å². The van der Waals surface area contributed by atoms with Crippen molar-refractivity contribution in [1.29, 1.82) is 0 Å². The lowest BCUT2D eigenvalue weighted by molar-refractivity contribution is -0.137. The van der Waals surface area contributed by atoms with Crippen LogP contribution in [0.15, 0.2) is 58.8 Å². The number of rotatable bonds is 7. The number of hydrogen-bond donors (Lipinski definition) is 1. The molecule has 0 fully saturated rings. The van der Waals surface area contributed by atoms with Gasteiger partial charge in [0, 0.05) is 6.54 Å². The summed E-state index contributed by atoms with van der Waals surface area (Å²) in [7, 11) is 3.14. The van der Waals surface area contributed by atoms with E-state index in [0.29, 0.717) is 46.7 Å². The van der Waals surface area contributed by atoms with Gasteiger partial charge in [0.15, 0.2) is 22.5 Å². The molecule has 4 rings (SSSR count). The number of alkyl halides is 3. The van der Waals surface area contributed by atoms with Crippen LogP contribution in [0.25, 0.3) is 11.5 Å². The number of nitrogens with two attached hydrogens (primary N) is 1. The van der Waals surface area contributed by atoms with Crippen LogP contribution in [0.5, 0.6) is 11.5 Å². The number of methoxy groups -OCH3 is 2. The zero-order valence-corrected chi connectivity index (χ0v) is 18.6. The molecule has 11 heteroatoms. The Bertz CT molecular complexity index is 1250. The first-order chi connectivity index (χ1) is 15.8. The van der Waals surface area contributed by atoms with Gasteiger partial charge < -0.3 is 19.8 Å². The second-order valence-electron chi connectivity index (χ2n) is 7.07. The first kappa shape index (κ1) is 22.7. The van der Waals surface area contributed by atoms with Crippen molar-refractivity contribution >= 4 is 17.6 Å². The Labute approximate surface area is 192 Å². The normalized spacial score (nSPS) is 11.7. The summed E-state index contributed by atoms with van der Waals surface area (Å²) in [6.07, 6.45) is -2.52. The van der Waals surface area contributed by atoms with Crippen LogP contribution in [-0.2, 0) is 19.1 Å². The van der Waals surface area contributed by atoms with E-state index < -0.39 is 11.7 Å². The van der Waals surface area contributed by atoms with Crippen molar-refractivity contribution < 1.29 is 22.6 Å². The van der Waals surface area contributed by atoms with E-state index in [0.717, 1.165) is 17.0 Å². The topological polar surface area (TPSA) is 88.1 Å². The summed E-state index contributed by atoms with van der Waals surface area (Å²) in [4.78, 5) is 14.0. The number of anilines is 1. The summed E-state index contributed by atoms with van der Waals surface area (Å²) >= 11 is 1.28. The minimum absolute atomic E-state index is 0.220. The third-order valence-corrected chi connectivity index (χ3v) is 5.84. The number of hydrogen-bond acceptors (Lipinski definition) is 7. The number of halogens is 3. The maximum Gasteiger partial charge on any atom is 0.416 e. The predicted octanol–water partition coefficient (Wildman–Crippen LogP) is 4.79. The summed E-state index contributed by atoms with van der Waals surface area (Å²) in [5, 5.41) is 0.434. The minimum atomic E-state index is -4.39. The highest BCUT2D eigenvalue weighted by molar-refractivity contribution is 7.99. The maximum atomic E-state index is 13.0. The molecule has 0 amide bonds. The first-order valence-electron chi connectivity index (χ1n) is 9.83. The molecule has 0 aromatic heterocycles. The quantitative estimate of drug-likeness (QED) is 0.411. The van der Waals surface area contributed by atoms with Gasteiger partial charge in [-0.3, -0.25) is 0 Å². The van der Waals surface area contributed by atoms with Crippen molar-refractivity contribution in [3.63, 3.8) is 0 Å². The maximum absolute atomic E-state index is 13.0. The molecule has 33 heavy (non-hydrogen) atoms. The second-order valence-corrected chi connectivity index (χ2v) is 8.08. The fraction of sp³-hybridized carbons (Fsp3) is 0.227. The van der Waals surface area contributed by atoms with Gasteiger partial charge in [0.05, 0.1) is 31.0 Å². The summed E-state index contributed by atoms with van der Waals surface area (Å²) in [6.45, 7) is 0.358. The molecule has 2 heterocycles. The average molecular weight is 475 g/mol. The standard InChI is InChI=1S/C22H20F3N5O2S/c1-31-15-6-7-16(32-2)17(11-15)33-21-28-18-19(26)27-12-30(20(18)29-21)9-8-13-4-3-5-14(10-13)22(23,24)25/h3-7,10-12H,8-9,26H2,1-2H3.